The lowest BCUT2D eigenvalue weighted by Crippen LogP contribution is -2.37. The van der Waals surface area contributed by atoms with E-state index in [1.807, 2.05) is 56.3 Å². The zero-order valence-corrected chi connectivity index (χ0v) is 14.3. The van der Waals surface area contributed by atoms with Gasteiger partial charge >= 0.3 is 0 Å². The van der Waals surface area contributed by atoms with Crippen LogP contribution in [0.25, 0.3) is 0 Å². The molecule has 0 saturated carbocycles. The Hall–Kier alpha value is -2.62. The van der Waals surface area contributed by atoms with Gasteiger partial charge in [-0.2, -0.15) is 0 Å². The zero-order chi connectivity index (χ0) is 17.3. The predicted molar refractivity (Wildman–Crippen MR) is 95.3 cm³/mol. The predicted octanol–water partition coefficient (Wildman–Crippen LogP) is 3.15. The van der Waals surface area contributed by atoms with Crippen LogP contribution in [-0.4, -0.2) is 24.4 Å². The van der Waals surface area contributed by atoms with Crippen molar-refractivity contribution >= 4 is 17.5 Å². The minimum Gasteiger partial charge on any atom is -0.347 e. The van der Waals surface area contributed by atoms with Crippen molar-refractivity contribution < 1.29 is 9.59 Å². The summed E-state index contributed by atoms with van der Waals surface area (Å²) in [5, 5.41) is 2.99. The standard InChI is InChI=1S/C20H22N2O2/c1-13-8-9-17(10-15(13)3)22-12-16(11-19(22)23)21-20(24)18-7-5-4-6-14(18)2/h4-10,16H,11-12H2,1-3H3,(H,21,24)/t16-/m1/s1. The second-order valence-electron chi connectivity index (χ2n) is 6.46. The van der Waals surface area contributed by atoms with Crippen molar-refractivity contribution in [2.24, 2.45) is 0 Å². The fourth-order valence-corrected chi connectivity index (χ4v) is 3.04. The van der Waals surface area contributed by atoms with Gasteiger partial charge in [-0.05, 0) is 55.7 Å². The number of anilines is 1. The number of aryl methyl sites for hydroxylation is 3. The smallest absolute Gasteiger partial charge is 0.251 e. The number of amides is 2. The van der Waals surface area contributed by atoms with Gasteiger partial charge < -0.3 is 10.2 Å². The van der Waals surface area contributed by atoms with Crippen LogP contribution in [0.15, 0.2) is 42.5 Å². The average Bonchev–Trinajstić information content (AvgIpc) is 2.91. The lowest BCUT2D eigenvalue weighted by atomic mass is 10.1. The summed E-state index contributed by atoms with van der Waals surface area (Å²) < 4.78 is 0. The van der Waals surface area contributed by atoms with E-state index in [0.717, 1.165) is 16.8 Å². The Morgan fingerprint density at radius 1 is 1.04 bits per heavy atom. The molecule has 2 amide bonds. The van der Waals surface area contributed by atoms with E-state index in [9.17, 15) is 9.59 Å². The van der Waals surface area contributed by atoms with Crippen molar-refractivity contribution in [3.8, 4) is 0 Å². The van der Waals surface area contributed by atoms with E-state index >= 15 is 0 Å². The number of carbonyl (C=O) groups excluding carboxylic acids is 2. The Bertz CT molecular complexity index is 798. The third kappa shape index (κ3) is 3.18. The lowest BCUT2D eigenvalue weighted by molar-refractivity contribution is -0.117. The van der Waals surface area contributed by atoms with Gasteiger partial charge in [-0.25, -0.2) is 0 Å². The molecular weight excluding hydrogens is 300 g/mol. The number of carbonyl (C=O) groups is 2. The molecule has 3 rings (SSSR count). The third-order valence-electron chi connectivity index (χ3n) is 4.65. The largest absolute Gasteiger partial charge is 0.347 e. The highest BCUT2D eigenvalue weighted by molar-refractivity contribution is 5.99. The van der Waals surface area contributed by atoms with E-state index in [0.29, 0.717) is 18.5 Å². The Kier molecular flexibility index (Phi) is 4.38. The Morgan fingerprint density at radius 3 is 2.50 bits per heavy atom. The molecule has 24 heavy (non-hydrogen) atoms. The molecule has 124 valence electrons. The van der Waals surface area contributed by atoms with Crippen LogP contribution in [0.2, 0.25) is 0 Å². The monoisotopic (exact) mass is 322 g/mol. The maximum Gasteiger partial charge on any atom is 0.251 e. The van der Waals surface area contributed by atoms with Gasteiger partial charge in [0.25, 0.3) is 5.91 Å². The van der Waals surface area contributed by atoms with E-state index in [1.54, 1.807) is 4.90 Å². The number of hydrogen-bond acceptors (Lipinski definition) is 2. The molecule has 1 heterocycles. The van der Waals surface area contributed by atoms with E-state index in [1.165, 1.54) is 5.56 Å². The van der Waals surface area contributed by atoms with Crippen LogP contribution >= 0.6 is 0 Å². The van der Waals surface area contributed by atoms with Gasteiger partial charge in [-0.15, -0.1) is 0 Å². The molecule has 1 aliphatic heterocycles. The van der Waals surface area contributed by atoms with E-state index in [-0.39, 0.29) is 17.9 Å². The van der Waals surface area contributed by atoms with E-state index < -0.39 is 0 Å². The summed E-state index contributed by atoms with van der Waals surface area (Å²) in [7, 11) is 0. The van der Waals surface area contributed by atoms with Crippen LogP contribution in [0.5, 0.6) is 0 Å². The topological polar surface area (TPSA) is 49.4 Å². The molecule has 0 bridgehead atoms. The molecule has 1 aliphatic rings. The number of rotatable bonds is 3. The summed E-state index contributed by atoms with van der Waals surface area (Å²) in [6, 6.07) is 13.3. The minimum absolute atomic E-state index is 0.0494. The summed E-state index contributed by atoms with van der Waals surface area (Å²) in [6.07, 6.45) is 0.338. The van der Waals surface area contributed by atoms with Gasteiger partial charge in [0.2, 0.25) is 5.91 Å². The number of benzene rings is 2. The molecule has 0 unspecified atom stereocenters. The highest BCUT2D eigenvalue weighted by atomic mass is 16.2. The zero-order valence-electron chi connectivity index (χ0n) is 14.3. The molecule has 2 aromatic carbocycles. The molecule has 0 aromatic heterocycles. The molecule has 4 nitrogen and oxygen atoms in total. The second kappa shape index (κ2) is 6.48. The summed E-state index contributed by atoms with van der Waals surface area (Å²) in [5.74, 6) is -0.0684. The van der Waals surface area contributed by atoms with Crippen LogP contribution in [0, 0.1) is 20.8 Å². The first-order chi connectivity index (χ1) is 11.5. The van der Waals surface area contributed by atoms with Gasteiger partial charge in [0.15, 0.2) is 0 Å². The maximum atomic E-state index is 12.4. The molecule has 2 aromatic rings. The Morgan fingerprint density at radius 2 is 1.79 bits per heavy atom. The first-order valence-electron chi connectivity index (χ1n) is 8.20. The first kappa shape index (κ1) is 16.2. The first-order valence-corrected chi connectivity index (χ1v) is 8.20. The third-order valence-corrected chi connectivity index (χ3v) is 4.65. The highest BCUT2D eigenvalue weighted by Gasteiger charge is 2.32. The maximum absolute atomic E-state index is 12.4. The lowest BCUT2D eigenvalue weighted by Gasteiger charge is -2.18. The van der Waals surface area contributed by atoms with Crippen LogP contribution in [-0.2, 0) is 4.79 Å². The van der Waals surface area contributed by atoms with Crippen LogP contribution in [0.1, 0.15) is 33.5 Å². The van der Waals surface area contributed by atoms with E-state index in [4.69, 9.17) is 0 Å². The van der Waals surface area contributed by atoms with Gasteiger partial charge in [-0.3, -0.25) is 9.59 Å². The molecule has 4 heteroatoms. The summed E-state index contributed by atoms with van der Waals surface area (Å²) in [6.45, 7) is 6.52. The van der Waals surface area contributed by atoms with Crippen molar-refractivity contribution in [1.29, 1.82) is 0 Å². The van der Waals surface area contributed by atoms with Crippen molar-refractivity contribution in [2.75, 3.05) is 11.4 Å². The summed E-state index contributed by atoms with van der Waals surface area (Å²) >= 11 is 0. The van der Waals surface area contributed by atoms with Gasteiger partial charge in [-0.1, -0.05) is 24.3 Å². The quantitative estimate of drug-likeness (QED) is 0.944. The molecule has 1 N–H and O–H groups in total. The van der Waals surface area contributed by atoms with Gasteiger partial charge in [0.1, 0.15) is 0 Å². The molecule has 0 aliphatic carbocycles. The fraction of sp³-hybridized carbons (Fsp3) is 0.300. The van der Waals surface area contributed by atoms with Crippen LogP contribution in [0.3, 0.4) is 0 Å². The van der Waals surface area contributed by atoms with Crippen molar-refractivity contribution in [3.63, 3.8) is 0 Å². The molecule has 0 spiro atoms. The minimum atomic E-state index is -0.161. The molecule has 1 fully saturated rings. The van der Waals surface area contributed by atoms with Crippen molar-refractivity contribution in [3.05, 3.63) is 64.7 Å². The Balaban J connectivity index is 1.72. The normalized spacial score (nSPS) is 17.2. The van der Waals surface area contributed by atoms with Crippen LogP contribution < -0.4 is 10.2 Å². The SMILES string of the molecule is Cc1ccc(N2C[C@H](NC(=O)c3ccccc3C)CC2=O)cc1C. The molecule has 1 atom stereocenters. The number of nitrogens with one attached hydrogen (secondary N) is 1. The van der Waals surface area contributed by atoms with Crippen LogP contribution in [0.4, 0.5) is 5.69 Å². The fourth-order valence-electron chi connectivity index (χ4n) is 3.04. The van der Waals surface area contributed by atoms with Gasteiger partial charge in [0, 0.05) is 24.2 Å². The molecule has 0 radical (unpaired) electrons. The summed E-state index contributed by atoms with van der Waals surface area (Å²) in [5.41, 5.74) is 4.86. The Labute approximate surface area is 142 Å². The highest BCUT2D eigenvalue weighted by Crippen LogP contribution is 2.24. The van der Waals surface area contributed by atoms with Crippen molar-refractivity contribution in [2.45, 2.75) is 33.2 Å². The summed E-state index contributed by atoms with van der Waals surface area (Å²) in [4.78, 5) is 26.5. The average molecular weight is 322 g/mol. The molecule has 1 saturated heterocycles. The molecular formula is C20H22N2O2. The number of nitrogens with zero attached hydrogens (tertiary/aromatic N) is 1. The number of hydrogen-bond donors (Lipinski definition) is 1. The van der Waals surface area contributed by atoms with E-state index in [2.05, 4.69) is 12.2 Å². The van der Waals surface area contributed by atoms with Gasteiger partial charge in [0.05, 0.1) is 6.04 Å². The second-order valence-corrected chi connectivity index (χ2v) is 6.46. The van der Waals surface area contributed by atoms with Crippen molar-refractivity contribution in [1.82, 2.24) is 5.32 Å².